The quantitative estimate of drug-likeness (QED) is 0.590. The second-order valence-corrected chi connectivity index (χ2v) is 8.56. The van der Waals surface area contributed by atoms with Gasteiger partial charge in [-0.3, -0.25) is 4.79 Å². The minimum absolute atomic E-state index is 0.162. The van der Waals surface area contributed by atoms with Gasteiger partial charge in [0.2, 0.25) is 0 Å². The summed E-state index contributed by atoms with van der Waals surface area (Å²) < 4.78 is 5.93. The molecule has 0 saturated carbocycles. The minimum atomic E-state index is 0.162. The van der Waals surface area contributed by atoms with Crippen molar-refractivity contribution in [2.45, 2.75) is 44.9 Å². The maximum atomic E-state index is 12.6. The zero-order valence-corrected chi connectivity index (χ0v) is 18.0. The van der Waals surface area contributed by atoms with Crippen molar-refractivity contribution in [2.75, 3.05) is 39.3 Å². The summed E-state index contributed by atoms with van der Waals surface area (Å²) in [5.41, 5.74) is 3.06. The molecule has 1 amide bonds. The Morgan fingerprint density at radius 1 is 0.733 bits per heavy atom. The van der Waals surface area contributed by atoms with Gasteiger partial charge in [-0.15, -0.1) is 0 Å². The smallest absolute Gasteiger partial charge is 0.253 e. The maximum Gasteiger partial charge on any atom is 0.253 e. The normalized spacial score (nSPS) is 17.7. The lowest BCUT2D eigenvalue weighted by atomic mass is 10.0. The lowest BCUT2D eigenvalue weighted by molar-refractivity contribution is 0.0724. The predicted molar refractivity (Wildman–Crippen MR) is 122 cm³/mol. The van der Waals surface area contributed by atoms with E-state index in [4.69, 9.17) is 4.74 Å². The van der Waals surface area contributed by atoms with Crippen LogP contribution in [0.5, 0.6) is 5.75 Å². The zero-order valence-electron chi connectivity index (χ0n) is 18.0. The first-order chi connectivity index (χ1) is 14.8. The molecular weight excluding hydrogens is 372 g/mol. The Bertz CT molecular complexity index is 789. The summed E-state index contributed by atoms with van der Waals surface area (Å²) in [5.74, 6) is 1.09. The van der Waals surface area contributed by atoms with Crippen LogP contribution in [0.1, 0.15) is 55.3 Å². The van der Waals surface area contributed by atoms with Gasteiger partial charge in [0.05, 0.1) is 6.61 Å². The van der Waals surface area contributed by atoms with Crippen LogP contribution in [0.15, 0.2) is 48.5 Å². The summed E-state index contributed by atoms with van der Waals surface area (Å²) in [6.45, 7) is 6.18. The van der Waals surface area contributed by atoms with E-state index in [-0.39, 0.29) is 5.91 Å². The van der Waals surface area contributed by atoms with Gasteiger partial charge in [0, 0.05) is 25.2 Å². The fourth-order valence-corrected chi connectivity index (χ4v) is 4.49. The first-order valence-corrected chi connectivity index (χ1v) is 11.6. The summed E-state index contributed by atoms with van der Waals surface area (Å²) in [6.07, 6.45) is 8.63. The topological polar surface area (TPSA) is 32.8 Å². The standard InChI is InChI=1S/C26H34N2O2/c29-26(28-19-5-2-6-20-28)24-10-8-22(9-11-24)23-12-14-25(15-13-23)30-21-7-18-27-16-3-1-4-17-27/h8-15H,1-7,16-21H2. The highest BCUT2D eigenvalue weighted by molar-refractivity contribution is 5.94. The van der Waals surface area contributed by atoms with Gasteiger partial charge in [-0.05, 0) is 87.0 Å². The molecule has 0 aliphatic carbocycles. The second-order valence-electron chi connectivity index (χ2n) is 8.56. The monoisotopic (exact) mass is 406 g/mol. The van der Waals surface area contributed by atoms with E-state index in [1.165, 1.54) is 38.8 Å². The lowest BCUT2D eigenvalue weighted by Crippen LogP contribution is -2.35. The van der Waals surface area contributed by atoms with Gasteiger partial charge >= 0.3 is 0 Å². The molecule has 0 bridgehead atoms. The third-order valence-corrected chi connectivity index (χ3v) is 6.30. The van der Waals surface area contributed by atoms with Gasteiger partial charge in [0.15, 0.2) is 0 Å². The van der Waals surface area contributed by atoms with Crippen molar-refractivity contribution in [3.63, 3.8) is 0 Å². The molecule has 4 heteroatoms. The number of amides is 1. The van der Waals surface area contributed by atoms with Crippen LogP contribution >= 0.6 is 0 Å². The van der Waals surface area contributed by atoms with Gasteiger partial charge in [0.1, 0.15) is 5.75 Å². The van der Waals surface area contributed by atoms with Crippen molar-refractivity contribution < 1.29 is 9.53 Å². The molecule has 160 valence electrons. The van der Waals surface area contributed by atoms with Crippen LogP contribution in [0.3, 0.4) is 0 Å². The molecule has 2 heterocycles. The first kappa shape index (κ1) is 20.9. The second kappa shape index (κ2) is 10.6. The van der Waals surface area contributed by atoms with Crippen molar-refractivity contribution in [3.8, 4) is 16.9 Å². The van der Waals surface area contributed by atoms with E-state index < -0.39 is 0 Å². The van der Waals surface area contributed by atoms with Crippen LogP contribution in [0.2, 0.25) is 0 Å². The molecule has 2 aromatic carbocycles. The Balaban J connectivity index is 1.26. The molecule has 30 heavy (non-hydrogen) atoms. The third kappa shape index (κ3) is 5.63. The highest BCUT2D eigenvalue weighted by Crippen LogP contribution is 2.24. The Labute approximate surface area is 180 Å². The first-order valence-electron chi connectivity index (χ1n) is 11.6. The number of carbonyl (C=O) groups excluding carboxylic acids is 1. The summed E-state index contributed by atoms with van der Waals surface area (Å²) in [7, 11) is 0. The molecular formula is C26H34N2O2. The maximum absolute atomic E-state index is 12.6. The Kier molecular flexibility index (Phi) is 7.41. The number of nitrogens with zero attached hydrogens (tertiary/aromatic N) is 2. The van der Waals surface area contributed by atoms with E-state index in [0.717, 1.165) is 67.9 Å². The summed E-state index contributed by atoms with van der Waals surface area (Å²) in [5, 5.41) is 0. The van der Waals surface area contributed by atoms with Crippen LogP contribution in [0.4, 0.5) is 0 Å². The Hall–Kier alpha value is -2.33. The molecule has 0 radical (unpaired) electrons. The predicted octanol–water partition coefficient (Wildman–Crippen LogP) is 5.23. The van der Waals surface area contributed by atoms with Crippen LogP contribution in [-0.2, 0) is 0 Å². The fourth-order valence-electron chi connectivity index (χ4n) is 4.49. The van der Waals surface area contributed by atoms with Crippen molar-refractivity contribution in [2.24, 2.45) is 0 Å². The molecule has 0 spiro atoms. The van der Waals surface area contributed by atoms with E-state index in [9.17, 15) is 4.79 Å². The molecule has 2 aromatic rings. The number of rotatable bonds is 7. The molecule has 2 fully saturated rings. The molecule has 2 saturated heterocycles. The number of hydrogen-bond acceptors (Lipinski definition) is 3. The highest BCUT2D eigenvalue weighted by atomic mass is 16.5. The van der Waals surface area contributed by atoms with E-state index in [1.807, 2.05) is 41.3 Å². The highest BCUT2D eigenvalue weighted by Gasteiger charge is 2.18. The van der Waals surface area contributed by atoms with Crippen molar-refractivity contribution in [3.05, 3.63) is 54.1 Å². The number of piperidine rings is 2. The summed E-state index contributed by atoms with van der Waals surface area (Å²) >= 11 is 0. The summed E-state index contributed by atoms with van der Waals surface area (Å²) in [6, 6.07) is 16.3. The van der Waals surface area contributed by atoms with E-state index >= 15 is 0 Å². The Morgan fingerprint density at radius 2 is 1.30 bits per heavy atom. The molecule has 0 aromatic heterocycles. The van der Waals surface area contributed by atoms with Gasteiger partial charge < -0.3 is 14.5 Å². The van der Waals surface area contributed by atoms with Crippen molar-refractivity contribution >= 4 is 5.91 Å². The number of ether oxygens (including phenoxy) is 1. The van der Waals surface area contributed by atoms with Crippen molar-refractivity contribution in [1.82, 2.24) is 9.80 Å². The van der Waals surface area contributed by atoms with E-state index in [0.29, 0.717) is 0 Å². The molecule has 0 unspecified atom stereocenters. The van der Waals surface area contributed by atoms with Gasteiger partial charge in [-0.1, -0.05) is 30.7 Å². The summed E-state index contributed by atoms with van der Waals surface area (Å²) in [4.78, 5) is 17.2. The van der Waals surface area contributed by atoms with Crippen LogP contribution in [0, 0.1) is 0 Å². The lowest BCUT2D eigenvalue weighted by Gasteiger charge is -2.26. The number of likely N-dealkylation sites (tertiary alicyclic amines) is 2. The van der Waals surface area contributed by atoms with Gasteiger partial charge in [-0.2, -0.15) is 0 Å². The van der Waals surface area contributed by atoms with Gasteiger partial charge in [-0.25, -0.2) is 0 Å². The zero-order chi connectivity index (χ0) is 20.6. The molecule has 4 nitrogen and oxygen atoms in total. The minimum Gasteiger partial charge on any atom is -0.494 e. The van der Waals surface area contributed by atoms with Crippen LogP contribution in [-0.4, -0.2) is 55.0 Å². The molecule has 4 rings (SSSR count). The molecule has 0 N–H and O–H groups in total. The largest absolute Gasteiger partial charge is 0.494 e. The van der Waals surface area contributed by atoms with Crippen molar-refractivity contribution in [1.29, 1.82) is 0 Å². The third-order valence-electron chi connectivity index (χ3n) is 6.30. The average Bonchev–Trinajstić information content (AvgIpc) is 2.83. The Morgan fingerprint density at radius 3 is 1.93 bits per heavy atom. The molecule has 2 aliphatic heterocycles. The molecule has 0 atom stereocenters. The van der Waals surface area contributed by atoms with E-state index in [2.05, 4.69) is 17.0 Å². The number of carbonyl (C=O) groups is 1. The van der Waals surface area contributed by atoms with E-state index in [1.54, 1.807) is 0 Å². The van der Waals surface area contributed by atoms with Crippen LogP contribution in [0.25, 0.3) is 11.1 Å². The SMILES string of the molecule is O=C(c1ccc(-c2ccc(OCCCN3CCCCC3)cc2)cc1)N1CCCCC1. The fraction of sp³-hybridized carbons (Fsp3) is 0.500. The molecule has 2 aliphatic rings. The van der Waals surface area contributed by atoms with Crippen LogP contribution < -0.4 is 4.74 Å². The average molecular weight is 407 g/mol. The van der Waals surface area contributed by atoms with Gasteiger partial charge in [0.25, 0.3) is 5.91 Å². The number of hydrogen-bond donors (Lipinski definition) is 0. The number of benzene rings is 2.